The predicted octanol–water partition coefficient (Wildman–Crippen LogP) is 2.91. The number of nitrogens with one attached hydrogen (secondary N) is 2. The first kappa shape index (κ1) is 18.9. The fourth-order valence-corrected chi connectivity index (χ4v) is 4.07. The summed E-state index contributed by atoms with van der Waals surface area (Å²) < 4.78 is 24.3. The molecule has 2 fully saturated rings. The Morgan fingerprint density at radius 2 is 2.08 bits per heavy atom. The van der Waals surface area contributed by atoms with Crippen LogP contribution in [0.25, 0.3) is 0 Å². The smallest absolute Gasteiger partial charge is 0.319 e. The molecule has 144 valence electrons. The van der Waals surface area contributed by atoms with E-state index in [0.29, 0.717) is 11.7 Å². The molecule has 1 saturated carbocycles. The molecule has 26 heavy (non-hydrogen) atoms. The van der Waals surface area contributed by atoms with E-state index < -0.39 is 5.82 Å². The molecule has 0 radical (unpaired) electrons. The number of benzene rings is 1. The van der Waals surface area contributed by atoms with Crippen molar-refractivity contribution < 1.29 is 18.7 Å². The van der Waals surface area contributed by atoms with Crippen LogP contribution in [-0.4, -0.2) is 56.4 Å². The summed E-state index contributed by atoms with van der Waals surface area (Å²) in [7, 11) is 3.17. The summed E-state index contributed by atoms with van der Waals surface area (Å²) in [6.07, 6.45) is 4.46. The second-order valence-electron chi connectivity index (χ2n) is 7.15. The molecule has 1 aliphatic heterocycles. The SMILES string of the molecule is COc1cc(C)c(NC(=O)N[C@H]2CCC[C@H]2N2CCC(OC)C2)cc1F. The molecule has 1 aliphatic carbocycles. The standard InChI is InChI=1S/C19H28FN3O3/c1-12-9-18(26-3)14(20)10-16(12)22-19(24)21-15-5-4-6-17(15)23-8-7-13(11-23)25-2/h9-10,13,15,17H,4-8,11H2,1-3H3,(H2,21,22,24)/t13?,15-,17+/m0/s1. The van der Waals surface area contributed by atoms with Crippen molar-refractivity contribution in [1.82, 2.24) is 10.2 Å². The molecule has 0 aromatic heterocycles. The predicted molar refractivity (Wildman–Crippen MR) is 98.3 cm³/mol. The topological polar surface area (TPSA) is 62.8 Å². The summed E-state index contributed by atoms with van der Waals surface area (Å²) in [4.78, 5) is 14.9. The van der Waals surface area contributed by atoms with Crippen LogP contribution >= 0.6 is 0 Å². The van der Waals surface area contributed by atoms with Crippen LogP contribution in [0.3, 0.4) is 0 Å². The van der Waals surface area contributed by atoms with Gasteiger partial charge in [-0.05, 0) is 44.2 Å². The molecule has 1 heterocycles. The minimum atomic E-state index is -0.491. The van der Waals surface area contributed by atoms with Gasteiger partial charge in [-0.3, -0.25) is 4.90 Å². The molecule has 2 amide bonds. The summed E-state index contributed by atoms with van der Waals surface area (Å²) in [5, 5.41) is 5.85. The van der Waals surface area contributed by atoms with Gasteiger partial charge < -0.3 is 20.1 Å². The van der Waals surface area contributed by atoms with E-state index in [0.717, 1.165) is 44.3 Å². The number of carbonyl (C=O) groups excluding carboxylic acids is 1. The van der Waals surface area contributed by atoms with Crippen LogP contribution in [-0.2, 0) is 4.74 Å². The van der Waals surface area contributed by atoms with E-state index in [-0.39, 0.29) is 23.9 Å². The fraction of sp³-hybridized carbons (Fsp3) is 0.632. The number of aryl methyl sites for hydroxylation is 1. The van der Waals surface area contributed by atoms with Crippen LogP contribution in [0.4, 0.5) is 14.9 Å². The molecule has 1 aromatic rings. The van der Waals surface area contributed by atoms with Crippen molar-refractivity contribution in [2.45, 2.75) is 50.8 Å². The molecular formula is C19H28FN3O3. The number of hydrogen-bond donors (Lipinski definition) is 2. The third-order valence-corrected chi connectivity index (χ3v) is 5.52. The van der Waals surface area contributed by atoms with E-state index in [4.69, 9.17) is 9.47 Å². The van der Waals surface area contributed by atoms with Crippen molar-refractivity contribution in [2.24, 2.45) is 0 Å². The van der Waals surface area contributed by atoms with Gasteiger partial charge in [-0.25, -0.2) is 9.18 Å². The van der Waals surface area contributed by atoms with Gasteiger partial charge in [-0.1, -0.05) is 0 Å². The van der Waals surface area contributed by atoms with E-state index in [1.807, 2.05) is 6.92 Å². The first-order valence-electron chi connectivity index (χ1n) is 9.20. The lowest BCUT2D eigenvalue weighted by Crippen LogP contribution is -2.49. The molecule has 1 aromatic carbocycles. The highest BCUT2D eigenvalue weighted by atomic mass is 19.1. The number of halogens is 1. The lowest BCUT2D eigenvalue weighted by molar-refractivity contribution is 0.0985. The van der Waals surface area contributed by atoms with Crippen LogP contribution in [0.15, 0.2) is 12.1 Å². The number of nitrogens with zero attached hydrogens (tertiary/aromatic N) is 1. The summed E-state index contributed by atoms with van der Waals surface area (Å²) in [6.45, 7) is 3.74. The molecule has 0 bridgehead atoms. The third-order valence-electron chi connectivity index (χ3n) is 5.52. The van der Waals surface area contributed by atoms with Crippen molar-refractivity contribution in [1.29, 1.82) is 0 Å². The average Bonchev–Trinajstić information content (AvgIpc) is 3.26. The van der Waals surface area contributed by atoms with Crippen molar-refractivity contribution in [3.05, 3.63) is 23.5 Å². The summed E-state index contributed by atoms with van der Waals surface area (Å²) in [6, 6.07) is 3.03. The molecule has 1 unspecified atom stereocenters. The lowest BCUT2D eigenvalue weighted by Gasteiger charge is -2.30. The zero-order chi connectivity index (χ0) is 18.7. The van der Waals surface area contributed by atoms with E-state index in [1.54, 1.807) is 13.2 Å². The molecule has 2 N–H and O–H groups in total. The van der Waals surface area contributed by atoms with E-state index in [2.05, 4.69) is 15.5 Å². The van der Waals surface area contributed by atoms with Crippen LogP contribution in [0.2, 0.25) is 0 Å². The van der Waals surface area contributed by atoms with Gasteiger partial charge in [0.25, 0.3) is 0 Å². The van der Waals surface area contributed by atoms with Gasteiger partial charge in [0.15, 0.2) is 11.6 Å². The summed E-state index contributed by atoms with van der Waals surface area (Å²) in [5.74, 6) is -0.319. The van der Waals surface area contributed by atoms with Crippen LogP contribution in [0.5, 0.6) is 5.75 Å². The maximum Gasteiger partial charge on any atom is 0.319 e. The Kier molecular flexibility index (Phi) is 5.98. The molecule has 7 heteroatoms. The monoisotopic (exact) mass is 365 g/mol. The number of ether oxygens (including phenoxy) is 2. The minimum Gasteiger partial charge on any atom is -0.494 e. The van der Waals surface area contributed by atoms with Gasteiger partial charge in [0.05, 0.1) is 13.2 Å². The highest BCUT2D eigenvalue weighted by Crippen LogP contribution is 2.29. The summed E-state index contributed by atoms with van der Waals surface area (Å²) >= 11 is 0. The van der Waals surface area contributed by atoms with Gasteiger partial charge in [0, 0.05) is 44.0 Å². The number of hydrogen-bond acceptors (Lipinski definition) is 4. The van der Waals surface area contributed by atoms with Gasteiger partial charge in [0.2, 0.25) is 0 Å². The molecule has 3 rings (SSSR count). The second-order valence-corrected chi connectivity index (χ2v) is 7.15. The number of methoxy groups -OCH3 is 2. The number of likely N-dealkylation sites (tertiary alicyclic amines) is 1. The summed E-state index contributed by atoms with van der Waals surface area (Å²) in [5.41, 5.74) is 1.21. The average molecular weight is 365 g/mol. The van der Waals surface area contributed by atoms with Crippen molar-refractivity contribution in [3.63, 3.8) is 0 Å². The Bertz CT molecular complexity index is 655. The van der Waals surface area contributed by atoms with Gasteiger partial charge in [-0.2, -0.15) is 0 Å². The van der Waals surface area contributed by atoms with Crippen molar-refractivity contribution in [3.8, 4) is 5.75 Å². The first-order chi connectivity index (χ1) is 12.5. The highest BCUT2D eigenvalue weighted by molar-refractivity contribution is 5.90. The van der Waals surface area contributed by atoms with E-state index in [1.165, 1.54) is 13.2 Å². The Labute approximate surface area is 154 Å². The number of amides is 2. The number of rotatable bonds is 5. The second kappa shape index (κ2) is 8.22. The molecular weight excluding hydrogens is 337 g/mol. The van der Waals surface area contributed by atoms with Crippen LogP contribution in [0, 0.1) is 12.7 Å². The number of urea groups is 1. The van der Waals surface area contributed by atoms with Crippen molar-refractivity contribution >= 4 is 11.7 Å². The maximum absolute atomic E-state index is 13.9. The Balaban J connectivity index is 1.60. The van der Waals surface area contributed by atoms with E-state index >= 15 is 0 Å². The Morgan fingerprint density at radius 3 is 2.77 bits per heavy atom. The molecule has 2 aliphatic rings. The lowest BCUT2D eigenvalue weighted by atomic mass is 10.1. The quantitative estimate of drug-likeness (QED) is 0.842. The third kappa shape index (κ3) is 4.10. The molecule has 1 saturated heterocycles. The molecule has 0 spiro atoms. The number of carbonyl (C=O) groups is 1. The van der Waals surface area contributed by atoms with E-state index in [9.17, 15) is 9.18 Å². The van der Waals surface area contributed by atoms with Crippen LogP contribution < -0.4 is 15.4 Å². The normalized spacial score (nSPS) is 26.1. The minimum absolute atomic E-state index is 0.106. The first-order valence-corrected chi connectivity index (χ1v) is 9.20. The van der Waals surface area contributed by atoms with Gasteiger partial charge >= 0.3 is 6.03 Å². The zero-order valence-electron chi connectivity index (χ0n) is 15.7. The number of anilines is 1. The Hall–Kier alpha value is -1.86. The van der Waals surface area contributed by atoms with Crippen molar-refractivity contribution in [2.75, 3.05) is 32.6 Å². The maximum atomic E-state index is 13.9. The fourth-order valence-electron chi connectivity index (χ4n) is 4.07. The Morgan fingerprint density at radius 1 is 1.27 bits per heavy atom. The van der Waals surface area contributed by atoms with Gasteiger partial charge in [-0.15, -0.1) is 0 Å². The molecule has 6 nitrogen and oxygen atoms in total. The molecule has 3 atom stereocenters. The highest BCUT2D eigenvalue weighted by Gasteiger charge is 2.36. The van der Waals surface area contributed by atoms with Gasteiger partial charge in [0.1, 0.15) is 0 Å². The largest absolute Gasteiger partial charge is 0.494 e. The zero-order valence-corrected chi connectivity index (χ0v) is 15.7. The van der Waals surface area contributed by atoms with Crippen LogP contribution in [0.1, 0.15) is 31.2 Å².